The van der Waals surface area contributed by atoms with Crippen LogP contribution in [0.3, 0.4) is 0 Å². The number of rotatable bonds is 3. The SMILES string of the molecule is O=C(OCC1CCCCC1)c1ccc2c(=O)n3c(nc2c1)CCC3. The van der Waals surface area contributed by atoms with Crippen molar-refractivity contribution in [2.45, 2.75) is 51.5 Å². The maximum atomic E-state index is 12.4. The first kappa shape index (κ1) is 15.4. The molecule has 0 radical (unpaired) electrons. The van der Waals surface area contributed by atoms with Crippen LogP contribution < -0.4 is 5.56 Å². The van der Waals surface area contributed by atoms with Crippen LogP contribution in [0.2, 0.25) is 0 Å². The fourth-order valence-corrected chi connectivity index (χ4v) is 3.84. The number of esters is 1. The number of carbonyl (C=O) groups is 1. The second kappa shape index (κ2) is 6.38. The molecule has 2 heterocycles. The fraction of sp³-hybridized carbons (Fsp3) is 0.526. The summed E-state index contributed by atoms with van der Waals surface area (Å²) in [6, 6.07) is 5.07. The smallest absolute Gasteiger partial charge is 0.338 e. The van der Waals surface area contributed by atoms with Crippen LogP contribution in [0, 0.1) is 5.92 Å². The number of carbonyl (C=O) groups excluding carboxylic acids is 1. The van der Waals surface area contributed by atoms with Crippen LogP contribution in [-0.2, 0) is 17.7 Å². The van der Waals surface area contributed by atoms with E-state index in [9.17, 15) is 9.59 Å². The monoisotopic (exact) mass is 326 g/mol. The summed E-state index contributed by atoms with van der Waals surface area (Å²) >= 11 is 0. The van der Waals surface area contributed by atoms with E-state index in [0.717, 1.165) is 38.1 Å². The van der Waals surface area contributed by atoms with Gasteiger partial charge in [-0.05, 0) is 43.4 Å². The van der Waals surface area contributed by atoms with Gasteiger partial charge in [-0.3, -0.25) is 9.36 Å². The van der Waals surface area contributed by atoms with Gasteiger partial charge in [-0.15, -0.1) is 0 Å². The lowest BCUT2D eigenvalue weighted by Gasteiger charge is -2.21. The predicted molar refractivity (Wildman–Crippen MR) is 91.2 cm³/mol. The lowest BCUT2D eigenvalue weighted by molar-refractivity contribution is 0.0410. The highest BCUT2D eigenvalue weighted by molar-refractivity contribution is 5.94. The number of benzene rings is 1. The van der Waals surface area contributed by atoms with Gasteiger partial charge in [0.2, 0.25) is 0 Å². The van der Waals surface area contributed by atoms with Gasteiger partial charge in [-0.25, -0.2) is 9.78 Å². The molecule has 1 aromatic heterocycles. The van der Waals surface area contributed by atoms with E-state index < -0.39 is 0 Å². The first-order valence-corrected chi connectivity index (χ1v) is 8.93. The summed E-state index contributed by atoms with van der Waals surface area (Å²) in [5, 5.41) is 0.574. The van der Waals surface area contributed by atoms with Crippen LogP contribution in [0.4, 0.5) is 0 Å². The minimum absolute atomic E-state index is 0.00498. The molecule has 1 fully saturated rings. The summed E-state index contributed by atoms with van der Waals surface area (Å²) in [5.41, 5.74) is 1.07. The number of hydrogen-bond donors (Lipinski definition) is 0. The number of fused-ring (bicyclic) bond motifs is 2. The Morgan fingerprint density at radius 1 is 1.21 bits per heavy atom. The van der Waals surface area contributed by atoms with E-state index in [0.29, 0.717) is 29.0 Å². The highest BCUT2D eigenvalue weighted by Crippen LogP contribution is 2.24. The molecule has 24 heavy (non-hydrogen) atoms. The van der Waals surface area contributed by atoms with E-state index in [1.54, 1.807) is 22.8 Å². The molecule has 5 heteroatoms. The molecule has 0 amide bonds. The quantitative estimate of drug-likeness (QED) is 0.813. The van der Waals surface area contributed by atoms with Gasteiger partial charge < -0.3 is 4.74 Å². The van der Waals surface area contributed by atoms with Crippen molar-refractivity contribution in [1.82, 2.24) is 9.55 Å². The van der Waals surface area contributed by atoms with Gasteiger partial charge in [0.25, 0.3) is 5.56 Å². The normalized spacial score (nSPS) is 17.8. The molecular formula is C19H22N2O3. The van der Waals surface area contributed by atoms with Crippen LogP contribution in [0.5, 0.6) is 0 Å². The summed E-state index contributed by atoms with van der Waals surface area (Å²) in [7, 11) is 0. The van der Waals surface area contributed by atoms with E-state index in [4.69, 9.17) is 4.74 Å². The topological polar surface area (TPSA) is 61.2 Å². The van der Waals surface area contributed by atoms with Gasteiger partial charge in [0, 0.05) is 13.0 Å². The minimum Gasteiger partial charge on any atom is -0.462 e. The Morgan fingerprint density at radius 2 is 2.04 bits per heavy atom. The summed E-state index contributed by atoms with van der Waals surface area (Å²) in [4.78, 5) is 29.3. The Balaban J connectivity index is 1.55. The molecule has 2 aromatic rings. The second-order valence-corrected chi connectivity index (χ2v) is 6.92. The molecular weight excluding hydrogens is 304 g/mol. The lowest BCUT2D eigenvalue weighted by atomic mass is 9.90. The van der Waals surface area contributed by atoms with Crippen molar-refractivity contribution in [3.8, 4) is 0 Å². The van der Waals surface area contributed by atoms with E-state index in [-0.39, 0.29) is 11.5 Å². The zero-order chi connectivity index (χ0) is 16.5. The largest absolute Gasteiger partial charge is 0.462 e. The van der Waals surface area contributed by atoms with Gasteiger partial charge in [0.15, 0.2) is 0 Å². The zero-order valence-electron chi connectivity index (χ0n) is 13.8. The van der Waals surface area contributed by atoms with Gasteiger partial charge >= 0.3 is 5.97 Å². The minimum atomic E-state index is -0.315. The van der Waals surface area contributed by atoms with Crippen molar-refractivity contribution in [3.63, 3.8) is 0 Å². The van der Waals surface area contributed by atoms with E-state index in [1.165, 1.54) is 19.3 Å². The Kier molecular flexibility index (Phi) is 4.08. The average Bonchev–Trinajstić information content (AvgIpc) is 3.09. The first-order chi connectivity index (χ1) is 11.7. The summed E-state index contributed by atoms with van der Waals surface area (Å²) in [5.74, 6) is 0.999. The molecule has 0 atom stereocenters. The van der Waals surface area contributed by atoms with Crippen molar-refractivity contribution < 1.29 is 9.53 Å². The molecule has 0 spiro atoms. The van der Waals surface area contributed by atoms with Crippen molar-refractivity contribution in [3.05, 3.63) is 39.9 Å². The van der Waals surface area contributed by atoms with Crippen molar-refractivity contribution >= 4 is 16.9 Å². The Bertz CT molecular complexity index is 834. The molecule has 1 saturated carbocycles. The number of ether oxygens (including phenoxy) is 1. The molecule has 1 aliphatic carbocycles. The Labute approximate surface area is 140 Å². The van der Waals surface area contributed by atoms with Crippen LogP contribution in [0.25, 0.3) is 10.9 Å². The van der Waals surface area contributed by atoms with Crippen molar-refractivity contribution in [1.29, 1.82) is 0 Å². The van der Waals surface area contributed by atoms with E-state index in [1.807, 2.05) is 0 Å². The molecule has 1 aliphatic heterocycles. The third-order valence-electron chi connectivity index (χ3n) is 5.23. The van der Waals surface area contributed by atoms with Crippen molar-refractivity contribution in [2.24, 2.45) is 5.92 Å². The Hall–Kier alpha value is -2.17. The summed E-state index contributed by atoms with van der Waals surface area (Å²) < 4.78 is 7.23. The third kappa shape index (κ3) is 2.83. The highest BCUT2D eigenvalue weighted by atomic mass is 16.5. The summed E-state index contributed by atoms with van der Waals surface area (Å²) in [6.07, 6.45) is 7.83. The van der Waals surface area contributed by atoms with Gasteiger partial charge in [-0.2, -0.15) is 0 Å². The van der Waals surface area contributed by atoms with Crippen molar-refractivity contribution in [2.75, 3.05) is 6.61 Å². The van der Waals surface area contributed by atoms with Gasteiger partial charge in [0.05, 0.1) is 23.1 Å². The molecule has 5 nitrogen and oxygen atoms in total. The van der Waals surface area contributed by atoms with Crippen LogP contribution in [0.15, 0.2) is 23.0 Å². The predicted octanol–water partition coefficient (Wildman–Crippen LogP) is 3.08. The Morgan fingerprint density at radius 3 is 2.88 bits per heavy atom. The lowest BCUT2D eigenvalue weighted by Crippen LogP contribution is -2.21. The van der Waals surface area contributed by atoms with E-state index in [2.05, 4.69) is 4.98 Å². The molecule has 126 valence electrons. The zero-order valence-corrected chi connectivity index (χ0v) is 13.8. The maximum absolute atomic E-state index is 12.4. The number of aromatic nitrogens is 2. The molecule has 2 aliphatic rings. The fourth-order valence-electron chi connectivity index (χ4n) is 3.84. The number of hydrogen-bond acceptors (Lipinski definition) is 4. The molecule has 4 rings (SSSR count). The van der Waals surface area contributed by atoms with Crippen LogP contribution in [-0.4, -0.2) is 22.1 Å². The third-order valence-corrected chi connectivity index (χ3v) is 5.23. The van der Waals surface area contributed by atoms with Crippen LogP contribution >= 0.6 is 0 Å². The van der Waals surface area contributed by atoms with Gasteiger partial charge in [-0.1, -0.05) is 19.3 Å². The summed E-state index contributed by atoms with van der Waals surface area (Å²) in [6.45, 7) is 1.24. The molecule has 0 unspecified atom stereocenters. The molecule has 0 saturated heterocycles. The molecule has 0 bridgehead atoms. The maximum Gasteiger partial charge on any atom is 0.338 e. The first-order valence-electron chi connectivity index (χ1n) is 8.93. The second-order valence-electron chi connectivity index (χ2n) is 6.92. The standard InChI is InChI=1S/C19H22N2O3/c22-18-15-9-8-14(11-16(15)20-17-7-4-10-21(17)18)19(23)24-12-13-5-2-1-3-6-13/h8-9,11,13H,1-7,10,12H2. The average molecular weight is 326 g/mol. The number of nitrogens with zero attached hydrogens (tertiary/aromatic N) is 2. The van der Waals surface area contributed by atoms with E-state index >= 15 is 0 Å². The van der Waals surface area contributed by atoms with Gasteiger partial charge in [0.1, 0.15) is 5.82 Å². The molecule has 1 aromatic carbocycles. The highest BCUT2D eigenvalue weighted by Gasteiger charge is 2.19. The molecule has 0 N–H and O–H groups in total. The number of aryl methyl sites for hydroxylation is 1. The van der Waals surface area contributed by atoms with Crippen LogP contribution in [0.1, 0.15) is 54.7 Å².